The first-order chi connectivity index (χ1) is 5.31. The van der Waals surface area contributed by atoms with Crippen LogP contribution in [0.2, 0.25) is 0 Å². The fourth-order valence-corrected chi connectivity index (χ4v) is 1.54. The maximum Gasteiger partial charge on any atom is 0.105 e. The first-order valence-electron chi connectivity index (χ1n) is 3.88. The summed E-state index contributed by atoms with van der Waals surface area (Å²) >= 11 is 0. The smallest absolute Gasteiger partial charge is 0.105 e. The molecular formula is C8H12N2O. The van der Waals surface area contributed by atoms with E-state index in [1.54, 1.807) is 0 Å². The van der Waals surface area contributed by atoms with E-state index in [1.807, 2.05) is 18.5 Å². The SMILES string of the molecule is OC1(c2cc[nH]c2)CCNC1. The summed E-state index contributed by atoms with van der Waals surface area (Å²) in [6.45, 7) is 1.58. The van der Waals surface area contributed by atoms with E-state index in [0.29, 0.717) is 6.54 Å². The minimum Gasteiger partial charge on any atom is -0.384 e. The predicted molar refractivity (Wildman–Crippen MR) is 42.2 cm³/mol. The van der Waals surface area contributed by atoms with Gasteiger partial charge in [-0.25, -0.2) is 0 Å². The molecule has 1 aromatic rings. The number of rotatable bonds is 1. The van der Waals surface area contributed by atoms with Crippen molar-refractivity contribution in [2.24, 2.45) is 0 Å². The van der Waals surface area contributed by atoms with Crippen LogP contribution in [-0.4, -0.2) is 23.2 Å². The molecule has 1 aliphatic heterocycles. The maximum absolute atomic E-state index is 9.97. The van der Waals surface area contributed by atoms with Crippen molar-refractivity contribution in [3.63, 3.8) is 0 Å². The Morgan fingerprint density at radius 2 is 2.45 bits per heavy atom. The van der Waals surface area contributed by atoms with Gasteiger partial charge in [-0.1, -0.05) is 0 Å². The molecule has 2 rings (SSSR count). The van der Waals surface area contributed by atoms with E-state index >= 15 is 0 Å². The van der Waals surface area contributed by atoms with Crippen molar-refractivity contribution in [1.29, 1.82) is 0 Å². The van der Waals surface area contributed by atoms with Gasteiger partial charge in [0.25, 0.3) is 0 Å². The Kier molecular flexibility index (Phi) is 1.47. The Morgan fingerprint density at radius 3 is 3.00 bits per heavy atom. The second-order valence-electron chi connectivity index (χ2n) is 3.06. The lowest BCUT2D eigenvalue weighted by molar-refractivity contribution is 0.0589. The number of H-pyrrole nitrogens is 1. The van der Waals surface area contributed by atoms with Crippen molar-refractivity contribution in [2.45, 2.75) is 12.0 Å². The van der Waals surface area contributed by atoms with E-state index in [1.165, 1.54) is 0 Å². The number of aromatic amines is 1. The normalized spacial score (nSPS) is 31.0. The third-order valence-electron chi connectivity index (χ3n) is 2.27. The van der Waals surface area contributed by atoms with Gasteiger partial charge in [-0.3, -0.25) is 0 Å². The fraction of sp³-hybridized carbons (Fsp3) is 0.500. The largest absolute Gasteiger partial charge is 0.384 e. The van der Waals surface area contributed by atoms with Crippen molar-refractivity contribution >= 4 is 0 Å². The highest BCUT2D eigenvalue weighted by Crippen LogP contribution is 2.26. The van der Waals surface area contributed by atoms with Gasteiger partial charge < -0.3 is 15.4 Å². The van der Waals surface area contributed by atoms with Gasteiger partial charge in [0.05, 0.1) is 0 Å². The van der Waals surface area contributed by atoms with E-state index < -0.39 is 5.60 Å². The molecule has 3 N–H and O–H groups in total. The van der Waals surface area contributed by atoms with Crippen LogP contribution in [0.3, 0.4) is 0 Å². The van der Waals surface area contributed by atoms with Crippen molar-refractivity contribution in [2.75, 3.05) is 13.1 Å². The molecule has 3 heteroatoms. The quantitative estimate of drug-likeness (QED) is 0.538. The average molecular weight is 152 g/mol. The van der Waals surface area contributed by atoms with E-state index in [2.05, 4.69) is 10.3 Å². The molecule has 1 fully saturated rings. The summed E-state index contributed by atoms with van der Waals surface area (Å²) in [5, 5.41) is 13.1. The molecule has 11 heavy (non-hydrogen) atoms. The molecule has 0 radical (unpaired) electrons. The molecule has 1 saturated heterocycles. The van der Waals surface area contributed by atoms with Crippen LogP contribution in [0.25, 0.3) is 0 Å². The highest BCUT2D eigenvalue weighted by atomic mass is 16.3. The summed E-state index contributed by atoms with van der Waals surface area (Å²) in [6, 6.07) is 1.92. The summed E-state index contributed by atoms with van der Waals surface area (Å²) < 4.78 is 0. The zero-order valence-electron chi connectivity index (χ0n) is 6.30. The van der Waals surface area contributed by atoms with Gasteiger partial charge in [0.15, 0.2) is 0 Å². The van der Waals surface area contributed by atoms with Gasteiger partial charge >= 0.3 is 0 Å². The summed E-state index contributed by atoms with van der Waals surface area (Å²) in [4.78, 5) is 2.94. The molecule has 1 unspecified atom stereocenters. The minimum atomic E-state index is -0.625. The molecule has 0 aliphatic carbocycles. The van der Waals surface area contributed by atoms with Gasteiger partial charge in [-0.15, -0.1) is 0 Å². The number of aromatic nitrogens is 1. The van der Waals surface area contributed by atoms with Crippen LogP contribution in [0.15, 0.2) is 18.5 Å². The van der Waals surface area contributed by atoms with Gasteiger partial charge in [0.1, 0.15) is 5.60 Å². The number of nitrogens with one attached hydrogen (secondary N) is 2. The van der Waals surface area contributed by atoms with Crippen molar-refractivity contribution in [3.8, 4) is 0 Å². The van der Waals surface area contributed by atoms with Crippen molar-refractivity contribution < 1.29 is 5.11 Å². The first-order valence-corrected chi connectivity index (χ1v) is 3.88. The molecule has 0 aromatic carbocycles. The van der Waals surface area contributed by atoms with Crippen LogP contribution < -0.4 is 5.32 Å². The van der Waals surface area contributed by atoms with Crippen LogP contribution in [-0.2, 0) is 5.60 Å². The summed E-state index contributed by atoms with van der Waals surface area (Å²) in [5.74, 6) is 0. The molecule has 0 spiro atoms. The van der Waals surface area contributed by atoms with Gasteiger partial charge in [0.2, 0.25) is 0 Å². The van der Waals surface area contributed by atoms with Gasteiger partial charge in [0, 0.05) is 24.5 Å². The van der Waals surface area contributed by atoms with Crippen LogP contribution in [0.5, 0.6) is 0 Å². The highest BCUT2D eigenvalue weighted by Gasteiger charge is 2.32. The lowest BCUT2D eigenvalue weighted by Gasteiger charge is -2.19. The second-order valence-corrected chi connectivity index (χ2v) is 3.06. The second kappa shape index (κ2) is 2.36. The van der Waals surface area contributed by atoms with E-state index in [-0.39, 0.29) is 0 Å². The fourth-order valence-electron chi connectivity index (χ4n) is 1.54. The Labute approximate surface area is 65.4 Å². The summed E-state index contributed by atoms with van der Waals surface area (Å²) in [5.41, 5.74) is 0.363. The maximum atomic E-state index is 9.97. The molecule has 0 amide bonds. The Balaban J connectivity index is 2.27. The topological polar surface area (TPSA) is 48.0 Å². The van der Waals surface area contributed by atoms with Crippen LogP contribution in [0.4, 0.5) is 0 Å². The molecule has 3 nitrogen and oxygen atoms in total. The highest BCUT2D eigenvalue weighted by molar-refractivity contribution is 5.20. The zero-order chi connectivity index (χ0) is 7.73. The molecular weight excluding hydrogens is 140 g/mol. The third-order valence-corrected chi connectivity index (χ3v) is 2.27. The van der Waals surface area contributed by atoms with E-state index in [4.69, 9.17) is 0 Å². The van der Waals surface area contributed by atoms with Crippen molar-refractivity contribution in [1.82, 2.24) is 10.3 Å². The number of hydrogen-bond acceptors (Lipinski definition) is 2. The minimum absolute atomic E-state index is 0.625. The van der Waals surface area contributed by atoms with Crippen LogP contribution in [0, 0.1) is 0 Å². The van der Waals surface area contributed by atoms with Crippen LogP contribution in [0.1, 0.15) is 12.0 Å². The molecule has 1 aromatic heterocycles. The Hall–Kier alpha value is -0.800. The van der Waals surface area contributed by atoms with Gasteiger partial charge in [-0.2, -0.15) is 0 Å². The third kappa shape index (κ3) is 1.06. The Bertz CT molecular complexity index is 224. The standard InChI is InChI=1S/C8H12N2O/c11-8(2-4-10-6-8)7-1-3-9-5-7/h1,3,5,9-11H,2,4,6H2. The predicted octanol–water partition coefficient (Wildman–Crippen LogP) is 0.196. The zero-order valence-corrected chi connectivity index (χ0v) is 6.30. The van der Waals surface area contributed by atoms with Gasteiger partial charge in [-0.05, 0) is 19.0 Å². The summed E-state index contributed by atoms with van der Waals surface area (Å²) in [7, 11) is 0. The van der Waals surface area contributed by atoms with E-state index in [9.17, 15) is 5.11 Å². The number of aliphatic hydroxyl groups is 1. The number of hydrogen-bond donors (Lipinski definition) is 3. The lowest BCUT2D eigenvalue weighted by Crippen LogP contribution is -2.27. The average Bonchev–Trinajstić information content (AvgIpc) is 2.55. The molecule has 0 saturated carbocycles. The Morgan fingerprint density at radius 1 is 1.55 bits per heavy atom. The monoisotopic (exact) mass is 152 g/mol. The van der Waals surface area contributed by atoms with Crippen LogP contribution >= 0.6 is 0 Å². The molecule has 60 valence electrons. The van der Waals surface area contributed by atoms with E-state index in [0.717, 1.165) is 18.5 Å². The lowest BCUT2D eigenvalue weighted by atomic mass is 9.96. The molecule has 0 bridgehead atoms. The molecule has 1 aliphatic rings. The van der Waals surface area contributed by atoms with Crippen molar-refractivity contribution in [3.05, 3.63) is 24.0 Å². The molecule has 1 atom stereocenters. The first kappa shape index (κ1) is 6.88. The molecule has 2 heterocycles. The summed E-state index contributed by atoms with van der Waals surface area (Å²) in [6.07, 6.45) is 4.50. The number of β-amino-alcohol motifs (C(OH)–C–C–N with tert-alkyl or cyclic N) is 1.